The third-order valence-electron chi connectivity index (χ3n) is 7.63. The van der Waals surface area contributed by atoms with Crippen molar-refractivity contribution in [2.24, 2.45) is 5.92 Å². The molecular formula is C30H40N6O5S. The Labute approximate surface area is 250 Å². The van der Waals surface area contributed by atoms with Crippen molar-refractivity contribution in [3.63, 3.8) is 0 Å². The normalized spacial score (nSPS) is 24.4. The zero-order valence-electron chi connectivity index (χ0n) is 24.6. The smallest absolute Gasteiger partial charge is 0.245 e. The third-order valence-corrected chi connectivity index (χ3v) is 8.45. The fourth-order valence-electron chi connectivity index (χ4n) is 5.49. The summed E-state index contributed by atoms with van der Waals surface area (Å²) in [6.45, 7) is 7.26. The zero-order valence-corrected chi connectivity index (χ0v) is 25.4. The molecule has 5 amide bonds. The second kappa shape index (κ2) is 13.9. The predicted octanol–water partition coefficient (Wildman–Crippen LogP) is 1.20. The molecule has 0 unspecified atom stereocenters. The minimum Gasteiger partial charge on any atom is -0.349 e. The molecule has 12 heteroatoms. The SMILES string of the molecule is Cc1nc(CC(=O)N2CC(=O)N[C@@H](C)C(=O)N3CCC[C@@H]3C(=O)N[C@@H](C(C)C)C(=O)N[C@@H](Cc3ccccc3)C2)cs1. The molecule has 2 saturated heterocycles. The largest absolute Gasteiger partial charge is 0.349 e. The molecule has 0 saturated carbocycles. The number of carbonyl (C=O) groups is 5. The van der Waals surface area contributed by atoms with Crippen LogP contribution in [-0.2, 0) is 36.8 Å². The van der Waals surface area contributed by atoms with E-state index in [2.05, 4.69) is 20.9 Å². The van der Waals surface area contributed by atoms with Crippen LogP contribution in [0.25, 0.3) is 0 Å². The van der Waals surface area contributed by atoms with Crippen molar-refractivity contribution in [1.29, 1.82) is 0 Å². The van der Waals surface area contributed by atoms with Gasteiger partial charge in [0.25, 0.3) is 0 Å². The monoisotopic (exact) mass is 596 g/mol. The molecular weight excluding hydrogens is 556 g/mol. The molecule has 2 aliphatic heterocycles. The predicted molar refractivity (Wildman–Crippen MR) is 158 cm³/mol. The van der Waals surface area contributed by atoms with Crippen molar-refractivity contribution in [3.05, 3.63) is 52.0 Å². The van der Waals surface area contributed by atoms with Gasteiger partial charge in [0.2, 0.25) is 29.5 Å². The van der Waals surface area contributed by atoms with Crippen molar-refractivity contribution in [2.75, 3.05) is 19.6 Å². The highest BCUT2D eigenvalue weighted by molar-refractivity contribution is 7.09. The lowest BCUT2D eigenvalue weighted by Gasteiger charge is -2.30. The number of carbonyl (C=O) groups excluding carboxylic acids is 5. The number of hydrogen-bond donors (Lipinski definition) is 3. The second-order valence-corrected chi connectivity index (χ2v) is 12.5. The molecule has 0 radical (unpaired) electrons. The minimum absolute atomic E-state index is 0.00174. The molecule has 2 aromatic rings. The standard InChI is InChI=1S/C30H40N6O5S/c1-18(2)27-29(40)33-22(13-21-9-6-5-7-10-21)15-35(26(38)14-23-17-42-20(4)32-23)16-25(37)31-19(3)30(41)36-12-8-11-24(36)28(39)34-27/h5-7,9-10,17-19,22,24,27H,8,11-16H2,1-4H3,(H,31,37)(H,33,40)(H,34,39)/t19-,22-,24+,27-/m0/s1. The molecule has 2 aliphatic rings. The van der Waals surface area contributed by atoms with Gasteiger partial charge in [0.05, 0.1) is 29.7 Å². The maximum absolute atomic E-state index is 13.7. The molecule has 4 rings (SSSR count). The number of amides is 5. The molecule has 42 heavy (non-hydrogen) atoms. The van der Waals surface area contributed by atoms with Crippen LogP contribution in [0.2, 0.25) is 0 Å². The maximum atomic E-state index is 13.7. The maximum Gasteiger partial charge on any atom is 0.245 e. The van der Waals surface area contributed by atoms with Gasteiger partial charge >= 0.3 is 0 Å². The summed E-state index contributed by atoms with van der Waals surface area (Å²) in [5.74, 6) is -2.21. The quantitative estimate of drug-likeness (QED) is 0.474. The van der Waals surface area contributed by atoms with E-state index in [0.717, 1.165) is 10.6 Å². The van der Waals surface area contributed by atoms with Crippen molar-refractivity contribution >= 4 is 40.9 Å². The fraction of sp³-hybridized carbons (Fsp3) is 0.533. The highest BCUT2D eigenvalue weighted by atomic mass is 32.1. The highest BCUT2D eigenvalue weighted by Crippen LogP contribution is 2.20. The molecule has 3 heterocycles. The van der Waals surface area contributed by atoms with Gasteiger partial charge in [-0.05, 0) is 44.6 Å². The van der Waals surface area contributed by atoms with Crippen LogP contribution in [0.1, 0.15) is 49.9 Å². The molecule has 3 N–H and O–H groups in total. The van der Waals surface area contributed by atoms with Gasteiger partial charge in [-0.1, -0.05) is 44.2 Å². The van der Waals surface area contributed by atoms with Crippen molar-refractivity contribution in [3.8, 4) is 0 Å². The van der Waals surface area contributed by atoms with Gasteiger partial charge in [-0.2, -0.15) is 0 Å². The van der Waals surface area contributed by atoms with Gasteiger partial charge in [-0.3, -0.25) is 24.0 Å². The summed E-state index contributed by atoms with van der Waals surface area (Å²) >= 11 is 1.44. The number of aryl methyl sites for hydroxylation is 1. The van der Waals surface area contributed by atoms with Crippen LogP contribution in [0.4, 0.5) is 0 Å². The fourth-order valence-corrected chi connectivity index (χ4v) is 6.10. The Hall–Kier alpha value is -3.80. The third kappa shape index (κ3) is 7.93. The summed E-state index contributed by atoms with van der Waals surface area (Å²) < 4.78 is 0. The van der Waals surface area contributed by atoms with E-state index in [9.17, 15) is 24.0 Å². The van der Waals surface area contributed by atoms with Gasteiger partial charge in [-0.15, -0.1) is 11.3 Å². The molecule has 0 aliphatic carbocycles. The number of benzene rings is 1. The molecule has 1 aromatic heterocycles. The molecule has 4 atom stereocenters. The second-order valence-electron chi connectivity index (χ2n) is 11.4. The van der Waals surface area contributed by atoms with E-state index in [-0.39, 0.29) is 43.1 Å². The van der Waals surface area contributed by atoms with Crippen LogP contribution in [-0.4, -0.2) is 88.1 Å². The van der Waals surface area contributed by atoms with E-state index in [0.29, 0.717) is 31.5 Å². The number of hydrogen-bond acceptors (Lipinski definition) is 7. The van der Waals surface area contributed by atoms with Crippen molar-refractivity contribution in [2.45, 2.75) is 77.5 Å². The van der Waals surface area contributed by atoms with Gasteiger partial charge in [0, 0.05) is 18.5 Å². The lowest BCUT2D eigenvalue weighted by molar-refractivity contribution is -0.142. The molecule has 2 fully saturated rings. The molecule has 0 bridgehead atoms. The number of aromatic nitrogens is 1. The molecule has 226 valence electrons. The van der Waals surface area contributed by atoms with E-state index in [1.165, 1.54) is 21.1 Å². The minimum atomic E-state index is -0.894. The number of rotatable bonds is 5. The Morgan fingerprint density at radius 2 is 1.81 bits per heavy atom. The van der Waals surface area contributed by atoms with Crippen LogP contribution in [0, 0.1) is 12.8 Å². The van der Waals surface area contributed by atoms with Crippen molar-refractivity contribution < 1.29 is 24.0 Å². The van der Waals surface area contributed by atoms with E-state index in [1.54, 1.807) is 6.92 Å². The summed E-state index contributed by atoms with van der Waals surface area (Å²) in [5, 5.41) is 11.3. The summed E-state index contributed by atoms with van der Waals surface area (Å²) in [6, 6.07) is 6.53. The van der Waals surface area contributed by atoms with E-state index < -0.39 is 36.0 Å². The van der Waals surface area contributed by atoms with Crippen LogP contribution in [0.3, 0.4) is 0 Å². The topological polar surface area (TPSA) is 141 Å². The first-order chi connectivity index (χ1) is 20.0. The van der Waals surface area contributed by atoms with Crippen LogP contribution in [0.15, 0.2) is 35.7 Å². The number of nitrogens with one attached hydrogen (secondary N) is 3. The van der Waals surface area contributed by atoms with Crippen LogP contribution >= 0.6 is 11.3 Å². The zero-order chi connectivity index (χ0) is 30.4. The van der Waals surface area contributed by atoms with E-state index in [4.69, 9.17) is 0 Å². The highest BCUT2D eigenvalue weighted by Gasteiger charge is 2.39. The molecule has 0 spiro atoms. The first-order valence-electron chi connectivity index (χ1n) is 14.4. The summed E-state index contributed by atoms with van der Waals surface area (Å²) in [6.07, 6.45) is 1.51. The Morgan fingerprint density at radius 1 is 1.07 bits per heavy atom. The van der Waals surface area contributed by atoms with E-state index >= 15 is 0 Å². The lowest BCUT2D eigenvalue weighted by Crippen LogP contribution is -2.58. The Morgan fingerprint density at radius 3 is 2.48 bits per heavy atom. The van der Waals surface area contributed by atoms with Crippen molar-refractivity contribution in [1.82, 2.24) is 30.7 Å². The van der Waals surface area contributed by atoms with Crippen LogP contribution < -0.4 is 16.0 Å². The summed E-state index contributed by atoms with van der Waals surface area (Å²) in [5.41, 5.74) is 1.55. The Kier molecular flexibility index (Phi) is 10.3. The Balaban J connectivity index is 1.68. The van der Waals surface area contributed by atoms with Crippen LogP contribution in [0.5, 0.6) is 0 Å². The number of fused-ring (bicyclic) bond motifs is 1. The average Bonchev–Trinajstić information content (AvgIpc) is 3.59. The molecule has 1 aromatic carbocycles. The molecule has 11 nitrogen and oxygen atoms in total. The summed E-state index contributed by atoms with van der Waals surface area (Å²) in [7, 11) is 0. The van der Waals surface area contributed by atoms with Gasteiger partial charge < -0.3 is 25.8 Å². The Bertz CT molecular complexity index is 1300. The first-order valence-corrected chi connectivity index (χ1v) is 15.3. The average molecular weight is 597 g/mol. The summed E-state index contributed by atoms with van der Waals surface area (Å²) in [4.78, 5) is 74.4. The number of thiazole rings is 1. The van der Waals surface area contributed by atoms with Gasteiger partial charge in [0.15, 0.2) is 0 Å². The van der Waals surface area contributed by atoms with Gasteiger partial charge in [0.1, 0.15) is 18.1 Å². The first kappa shape index (κ1) is 31.1. The number of nitrogens with zero attached hydrogens (tertiary/aromatic N) is 3. The van der Waals surface area contributed by atoms with Gasteiger partial charge in [-0.25, -0.2) is 4.98 Å². The lowest BCUT2D eigenvalue weighted by atomic mass is 10.00. The van der Waals surface area contributed by atoms with E-state index in [1.807, 2.05) is 56.5 Å².